The summed E-state index contributed by atoms with van der Waals surface area (Å²) in [6, 6.07) is 18.6. The molecule has 2 aromatic carbocycles. The van der Waals surface area contributed by atoms with Crippen molar-refractivity contribution in [3.63, 3.8) is 0 Å². The highest BCUT2D eigenvalue weighted by Gasteiger charge is 2.12. The van der Waals surface area contributed by atoms with E-state index in [2.05, 4.69) is 59.4 Å². The number of fused-ring (bicyclic) bond motifs is 1. The normalized spacial score (nSPS) is 10.7. The molecule has 20 heavy (non-hydrogen) atoms. The molecule has 0 radical (unpaired) electrons. The second-order valence-corrected chi connectivity index (χ2v) is 5.37. The molecule has 1 N–H and O–H groups in total. The topological polar surface area (TPSA) is 15.9 Å². The molecule has 0 unspecified atom stereocenters. The van der Waals surface area contributed by atoms with Crippen LogP contribution in [0.2, 0.25) is 0 Å². The number of nitrogens with zero attached hydrogens (tertiary/aromatic N) is 1. The standard InChI is InChI=1S/C16H14N2S.ClH/c1-18-14-9-5-6-10-15(14)19-16(18)11-12-17-13-7-3-2-4-8-13;/h2-12H,1H3;1H. The van der Waals surface area contributed by atoms with Gasteiger partial charge in [0.25, 0.3) is 5.01 Å². The highest BCUT2D eigenvalue weighted by atomic mass is 35.5. The van der Waals surface area contributed by atoms with Gasteiger partial charge in [-0.15, -0.1) is 0 Å². The lowest BCUT2D eigenvalue weighted by molar-refractivity contribution is -0.642. The summed E-state index contributed by atoms with van der Waals surface area (Å²) in [6.45, 7) is 0. The molecule has 0 saturated carbocycles. The fourth-order valence-corrected chi connectivity index (χ4v) is 3.06. The maximum atomic E-state index is 3.28. The van der Waals surface area contributed by atoms with Crippen molar-refractivity contribution in [2.45, 2.75) is 0 Å². The van der Waals surface area contributed by atoms with Crippen molar-refractivity contribution in [2.24, 2.45) is 7.05 Å². The van der Waals surface area contributed by atoms with Crippen LogP contribution < -0.4 is 22.3 Å². The summed E-state index contributed by atoms with van der Waals surface area (Å²) < 4.78 is 3.52. The number of rotatable bonds is 3. The van der Waals surface area contributed by atoms with Gasteiger partial charge in [0.05, 0.1) is 0 Å². The van der Waals surface area contributed by atoms with Crippen LogP contribution >= 0.6 is 11.3 Å². The number of benzene rings is 2. The molecule has 102 valence electrons. The molecular weight excluding hydrogens is 288 g/mol. The van der Waals surface area contributed by atoms with Crippen molar-refractivity contribution in [2.75, 3.05) is 5.32 Å². The Kier molecular flexibility index (Phi) is 4.77. The highest BCUT2D eigenvalue weighted by molar-refractivity contribution is 7.18. The summed E-state index contributed by atoms with van der Waals surface area (Å²) >= 11 is 1.80. The zero-order valence-corrected chi connectivity index (χ0v) is 12.7. The van der Waals surface area contributed by atoms with E-state index in [1.807, 2.05) is 24.4 Å². The number of aryl methyl sites for hydroxylation is 1. The average molecular weight is 303 g/mol. The number of hydrogen-bond acceptors (Lipinski definition) is 2. The monoisotopic (exact) mass is 302 g/mol. The number of anilines is 1. The van der Waals surface area contributed by atoms with Gasteiger partial charge >= 0.3 is 0 Å². The van der Waals surface area contributed by atoms with E-state index < -0.39 is 0 Å². The van der Waals surface area contributed by atoms with Crippen LogP contribution in [-0.2, 0) is 7.05 Å². The van der Waals surface area contributed by atoms with Crippen molar-refractivity contribution in [1.82, 2.24) is 0 Å². The number of nitrogens with one attached hydrogen (secondary N) is 1. The third-order valence-electron chi connectivity index (χ3n) is 3.02. The molecule has 1 heterocycles. The first-order valence-corrected chi connectivity index (χ1v) is 7.02. The van der Waals surface area contributed by atoms with Gasteiger partial charge in [0.15, 0.2) is 0 Å². The van der Waals surface area contributed by atoms with Crippen LogP contribution in [0.25, 0.3) is 16.3 Å². The lowest BCUT2D eigenvalue weighted by Gasteiger charge is -1.97. The molecule has 0 aliphatic heterocycles. The average Bonchev–Trinajstić information content (AvgIpc) is 2.78. The zero-order valence-electron chi connectivity index (χ0n) is 11.1. The van der Waals surface area contributed by atoms with Gasteiger partial charge in [-0.1, -0.05) is 41.7 Å². The smallest absolute Gasteiger partial charge is 0.263 e. The van der Waals surface area contributed by atoms with E-state index in [9.17, 15) is 0 Å². The van der Waals surface area contributed by atoms with E-state index in [4.69, 9.17) is 0 Å². The molecular formula is C16H15ClN2S. The van der Waals surface area contributed by atoms with E-state index >= 15 is 0 Å². The Morgan fingerprint density at radius 2 is 1.70 bits per heavy atom. The predicted molar refractivity (Wildman–Crippen MR) is 82.1 cm³/mol. The number of thiazole rings is 1. The number of hydrogen-bond donors (Lipinski definition) is 1. The third kappa shape index (κ3) is 3.00. The molecule has 0 aliphatic carbocycles. The molecule has 1 aromatic heterocycles. The van der Waals surface area contributed by atoms with Crippen molar-refractivity contribution in [3.05, 3.63) is 65.8 Å². The molecule has 4 heteroatoms. The Labute approximate surface area is 128 Å². The molecule has 0 bridgehead atoms. The quantitative estimate of drug-likeness (QED) is 0.708. The largest absolute Gasteiger partial charge is 1.00 e. The summed E-state index contributed by atoms with van der Waals surface area (Å²) in [5.74, 6) is 0. The molecule has 0 atom stereocenters. The molecule has 2 nitrogen and oxygen atoms in total. The van der Waals surface area contributed by atoms with Gasteiger partial charge in [0.2, 0.25) is 5.52 Å². The van der Waals surface area contributed by atoms with Gasteiger partial charge in [0, 0.05) is 24.0 Å². The van der Waals surface area contributed by atoms with Crippen LogP contribution in [0, 0.1) is 0 Å². The molecule has 0 saturated heterocycles. The maximum absolute atomic E-state index is 3.28. The van der Waals surface area contributed by atoms with Crippen LogP contribution in [0.4, 0.5) is 5.69 Å². The second-order valence-electron chi connectivity index (χ2n) is 4.31. The Balaban J connectivity index is 0.00000147. The summed E-state index contributed by atoms with van der Waals surface area (Å²) in [5, 5.41) is 4.50. The van der Waals surface area contributed by atoms with Crippen LogP contribution in [-0.4, -0.2) is 0 Å². The zero-order chi connectivity index (χ0) is 13.1. The van der Waals surface area contributed by atoms with E-state index in [-0.39, 0.29) is 12.4 Å². The SMILES string of the molecule is C[n+]1c(/C=C/Nc2ccccc2)sc2ccccc21.[Cl-]. The van der Waals surface area contributed by atoms with E-state index in [1.54, 1.807) is 11.3 Å². The molecule has 0 amide bonds. The first-order chi connectivity index (χ1) is 9.34. The van der Waals surface area contributed by atoms with E-state index in [0.717, 1.165) is 5.69 Å². The van der Waals surface area contributed by atoms with Gasteiger partial charge < -0.3 is 17.7 Å². The molecule has 3 aromatic rings. The summed E-state index contributed by atoms with van der Waals surface area (Å²) in [6.07, 6.45) is 4.09. The molecule has 0 fully saturated rings. The van der Waals surface area contributed by atoms with Gasteiger partial charge in [-0.2, -0.15) is 4.57 Å². The van der Waals surface area contributed by atoms with Gasteiger partial charge in [-0.25, -0.2) is 0 Å². The summed E-state index contributed by atoms with van der Waals surface area (Å²) in [5.41, 5.74) is 2.37. The first kappa shape index (κ1) is 14.6. The molecule has 3 rings (SSSR count). The fraction of sp³-hybridized carbons (Fsp3) is 0.0625. The summed E-state index contributed by atoms with van der Waals surface area (Å²) in [4.78, 5) is 0. The van der Waals surface area contributed by atoms with Gasteiger partial charge in [-0.05, 0) is 18.2 Å². The number of halogens is 1. The van der Waals surface area contributed by atoms with E-state index in [0.29, 0.717) is 0 Å². The third-order valence-corrected chi connectivity index (χ3v) is 4.21. The Bertz CT molecular complexity index is 720. The Morgan fingerprint density at radius 3 is 2.45 bits per heavy atom. The number of para-hydroxylation sites is 2. The van der Waals surface area contributed by atoms with Crippen LogP contribution in [0.5, 0.6) is 0 Å². The Morgan fingerprint density at radius 1 is 1.00 bits per heavy atom. The molecule has 0 aliphatic rings. The predicted octanol–water partition coefficient (Wildman–Crippen LogP) is 0.813. The minimum atomic E-state index is 0. The van der Waals surface area contributed by atoms with E-state index in [1.165, 1.54) is 15.2 Å². The van der Waals surface area contributed by atoms with Gasteiger partial charge in [-0.3, -0.25) is 0 Å². The lowest BCUT2D eigenvalue weighted by atomic mass is 10.3. The van der Waals surface area contributed by atoms with Crippen molar-refractivity contribution in [1.29, 1.82) is 0 Å². The van der Waals surface area contributed by atoms with Crippen molar-refractivity contribution >= 4 is 33.3 Å². The minimum Gasteiger partial charge on any atom is -1.00 e. The van der Waals surface area contributed by atoms with Crippen LogP contribution in [0.3, 0.4) is 0 Å². The first-order valence-electron chi connectivity index (χ1n) is 6.20. The minimum absolute atomic E-state index is 0. The Hall–Kier alpha value is -1.84. The van der Waals surface area contributed by atoms with Crippen molar-refractivity contribution < 1.29 is 17.0 Å². The fourth-order valence-electron chi connectivity index (χ4n) is 2.01. The van der Waals surface area contributed by atoms with Gasteiger partial charge in [0.1, 0.15) is 11.7 Å². The number of aromatic nitrogens is 1. The van der Waals surface area contributed by atoms with Crippen LogP contribution in [0.1, 0.15) is 5.01 Å². The maximum Gasteiger partial charge on any atom is 0.263 e. The molecule has 0 spiro atoms. The lowest BCUT2D eigenvalue weighted by Crippen LogP contribution is -3.00. The summed E-state index contributed by atoms with van der Waals surface area (Å²) in [7, 11) is 2.10. The van der Waals surface area contributed by atoms with Crippen LogP contribution in [0.15, 0.2) is 60.8 Å². The highest BCUT2D eigenvalue weighted by Crippen LogP contribution is 2.20. The second kappa shape index (κ2) is 6.55. The van der Waals surface area contributed by atoms with Crippen molar-refractivity contribution in [3.8, 4) is 0 Å².